The van der Waals surface area contributed by atoms with E-state index in [0.29, 0.717) is 5.69 Å². The molecule has 0 aliphatic carbocycles. The summed E-state index contributed by atoms with van der Waals surface area (Å²) in [5.41, 5.74) is 0.404. The van der Waals surface area contributed by atoms with E-state index in [1.807, 2.05) is 0 Å². The Hall–Kier alpha value is -2.28. The van der Waals surface area contributed by atoms with Crippen molar-refractivity contribution >= 4 is 21.7 Å². The second-order valence-electron chi connectivity index (χ2n) is 3.53. The Bertz CT molecular complexity index is 645. The average molecular weight is 266 g/mol. The lowest BCUT2D eigenvalue weighted by Gasteiger charge is -2.06. The van der Waals surface area contributed by atoms with Crippen LogP contribution >= 0.6 is 0 Å². The molecule has 7 heteroatoms. The van der Waals surface area contributed by atoms with Crippen molar-refractivity contribution < 1.29 is 18.3 Å². The van der Waals surface area contributed by atoms with Crippen molar-refractivity contribution in [2.75, 3.05) is 4.72 Å². The molecule has 3 N–H and O–H groups in total. The number of carbonyl (C=O) groups is 1. The van der Waals surface area contributed by atoms with Gasteiger partial charge >= 0.3 is 5.97 Å². The van der Waals surface area contributed by atoms with Crippen LogP contribution in [0.25, 0.3) is 0 Å². The maximum absolute atomic E-state index is 11.8. The Labute approximate surface area is 103 Å². The number of nitrogens with one attached hydrogen (secondary N) is 2. The number of carboxylic acids is 1. The maximum atomic E-state index is 11.8. The minimum atomic E-state index is -3.63. The van der Waals surface area contributed by atoms with E-state index < -0.39 is 16.0 Å². The van der Waals surface area contributed by atoms with Crippen LogP contribution in [0.5, 0.6) is 0 Å². The summed E-state index contributed by atoms with van der Waals surface area (Å²) in [4.78, 5) is 13.4. The zero-order chi connectivity index (χ0) is 13.2. The SMILES string of the molecule is O=C(O)c1ccc(NS(=O)(=O)c2cc[nH]c2)cc1. The maximum Gasteiger partial charge on any atom is 0.335 e. The van der Waals surface area contributed by atoms with E-state index in [0.717, 1.165) is 0 Å². The van der Waals surface area contributed by atoms with Gasteiger partial charge in [0.05, 0.1) is 5.56 Å². The molecular weight excluding hydrogens is 256 g/mol. The third-order valence-corrected chi connectivity index (χ3v) is 3.64. The molecule has 94 valence electrons. The lowest BCUT2D eigenvalue weighted by atomic mass is 10.2. The van der Waals surface area contributed by atoms with Gasteiger partial charge in [-0.3, -0.25) is 4.72 Å². The van der Waals surface area contributed by atoms with E-state index in [1.54, 1.807) is 0 Å². The first-order valence-electron chi connectivity index (χ1n) is 4.98. The molecule has 2 aromatic rings. The lowest BCUT2D eigenvalue weighted by molar-refractivity contribution is 0.0697. The number of aromatic nitrogens is 1. The van der Waals surface area contributed by atoms with Crippen LogP contribution in [0.1, 0.15) is 10.4 Å². The Kier molecular flexibility index (Phi) is 3.07. The van der Waals surface area contributed by atoms with Crippen molar-refractivity contribution in [3.05, 3.63) is 48.3 Å². The van der Waals surface area contributed by atoms with Crippen molar-refractivity contribution in [1.29, 1.82) is 0 Å². The zero-order valence-corrected chi connectivity index (χ0v) is 9.94. The average Bonchev–Trinajstić information content (AvgIpc) is 2.83. The van der Waals surface area contributed by atoms with E-state index in [1.165, 1.54) is 42.7 Å². The number of hydrogen-bond acceptors (Lipinski definition) is 3. The molecule has 0 saturated carbocycles. The quantitative estimate of drug-likeness (QED) is 0.781. The topological polar surface area (TPSA) is 99.3 Å². The first kappa shape index (κ1) is 12.2. The molecule has 6 nitrogen and oxygen atoms in total. The highest BCUT2D eigenvalue weighted by Gasteiger charge is 2.14. The summed E-state index contributed by atoms with van der Waals surface area (Å²) in [5, 5.41) is 8.72. The highest BCUT2D eigenvalue weighted by Crippen LogP contribution is 2.16. The van der Waals surface area contributed by atoms with Crippen molar-refractivity contribution in [3.8, 4) is 0 Å². The summed E-state index contributed by atoms with van der Waals surface area (Å²) in [6.45, 7) is 0. The van der Waals surface area contributed by atoms with Crippen molar-refractivity contribution in [3.63, 3.8) is 0 Å². The number of aromatic carboxylic acids is 1. The first-order valence-corrected chi connectivity index (χ1v) is 6.46. The Balaban J connectivity index is 2.22. The highest BCUT2D eigenvalue weighted by molar-refractivity contribution is 7.92. The molecule has 0 fully saturated rings. The van der Waals surface area contributed by atoms with Crippen LogP contribution in [0.15, 0.2) is 47.6 Å². The monoisotopic (exact) mass is 266 g/mol. The molecule has 0 spiro atoms. The molecule has 1 aromatic carbocycles. The third kappa shape index (κ3) is 2.51. The number of benzene rings is 1. The summed E-state index contributed by atoms with van der Waals surface area (Å²) in [6, 6.07) is 6.88. The van der Waals surface area contributed by atoms with Gasteiger partial charge in [-0.2, -0.15) is 0 Å². The van der Waals surface area contributed by atoms with Gasteiger partial charge < -0.3 is 10.1 Å². The summed E-state index contributed by atoms with van der Waals surface area (Å²) in [7, 11) is -3.63. The van der Waals surface area contributed by atoms with Gasteiger partial charge in [-0.15, -0.1) is 0 Å². The smallest absolute Gasteiger partial charge is 0.335 e. The number of sulfonamides is 1. The van der Waals surface area contributed by atoms with Crippen molar-refractivity contribution in [1.82, 2.24) is 4.98 Å². The second-order valence-corrected chi connectivity index (χ2v) is 5.22. The predicted molar refractivity (Wildman–Crippen MR) is 65.0 cm³/mol. The molecule has 0 bridgehead atoms. The van der Waals surface area contributed by atoms with E-state index in [9.17, 15) is 13.2 Å². The van der Waals surface area contributed by atoms with E-state index in [4.69, 9.17) is 5.11 Å². The van der Waals surface area contributed by atoms with Gasteiger partial charge in [0.2, 0.25) is 0 Å². The van der Waals surface area contributed by atoms with Crippen LogP contribution in [-0.2, 0) is 10.0 Å². The van der Waals surface area contributed by atoms with Crippen molar-refractivity contribution in [2.45, 2.75) is 4.90 Å². The highest BCUT2D eigenvalue weighted by atomic mass is 32.2. The van der Waals surface area contributed by atoms with Crippen LogP contribution in [-0.4, -0.2) is 24.5 Å². The summed E-state index contributed by atoms with van der Waals surface area (Å²) >= 11 is 0. The molecule has 1 heterocycles. The minimum absolute atomic E-state index is 0.0968. The molecule has 0 atom stereocenters. The molecule has 18 heavy (non-hydrogen) atoms. The fourth-order valence-corrected chi connectivity index (χ4v) is 2.41. The number of hydrogen-bond donors (Lipinski definition) is 3. The first-order chi connectivity index (χ1) is 8.49. The summed E-state index contributed by atoms with van der Waals surface area (Å²) in [6.07, 6.45) is 2.86. The number of carboxylic acid groups (broad SMARTS) is 1. The normalized spacial score (nSPS) is 11.1. The Morgan fingerprint density at radius 3 is 2.33 bits per heavy atom. The van der Waals surface area contributed by atoms with Gasteiger partial charge in [-0.25, -0.2) is 13.2 Å². The van der Waals surface area contributed by atoms with Crippen molar-refractivity contribution in [2.24, 2.45) is 0 Å². The second kappa shape index (κ2) is 4.53. The molecule has 0 radical (unpaired) electrons. The molecule has 0 amide bonds. The van der Waals surface area contributed by atoms with Crippen LogP contribution in [0.4, 0.5) is 5.69 Å². The minimum Gasteiger partial charge on any atom is -0.478 e. The molecule has 0 unspecified atom stereocenters. The van der Waals surface area contributed by atoms with E-state index in [-0.39, 0.29) is 10.5 Å². The van der Waals surface area contributed by atoms with Gasteiger partial charge in [0.25, 0.3) is 10.0 Å². The van der Waals surface area contributed by atoms with Crippen LogP contribution in [0.3, 0.4) is 0 Å². The number of aromatic amines is 1. The third-order valence-electron chi connectivity index (χ3n) is 2.26. The van der Waals surface area contributed by atoms with Gasteiger partial charge in [0.15, 0.2) is 0 Å². The molecule has 0 aliphatic heterocycles. The fourth-order valence-electron chi connectivity index (χ4n) is 1.37. The molecule has 1 aromatic heterocycles. The summed E-state index contributed by atoms with van der Waals surface area (Å²) < 4.78 is 26.0. The molecule has 2 rings (SSSR count). The summed E-state index contributed by atoms with van der Waals surface area (Å²) in [5.74, 6) is -1.06. The van der Waals surface area contributed by atoms with E-state index in [2.05, 4.69) is 9.71 Å². The zero-order valence-electron chi connectivity index (χ0n) is 9.12. The van der Waals surface area contributed by atoms with Crippen LogP contribution < -0.4 is 4.72 Å². The fraction of sp³-hybridized carbons (Fsp3) is 0. The van der Waals surface area contributed by atoms with Gasteiger partial charge in [-0.1, -0.05) is 0 Å². The largest absolute Gasteiger partial charge is 0.478 e. The Morgan fingerprint density at radius 2 is 1.83 bits per heavy atom. The van der Waals surface area contributed by atoms with E-state index >= 15 is 0 Å². The molecular formula is C11H10N2O4S. The number of anilines is 1. The lowest BCUT2D eigenvalue weighted by Crippen LogP contribution is -2.12. The standard InChI is InChI=1S/C11H10N2O4S/c14-11(15)8-1-3-9(4-2-8)13-18(16,17)10-5-6-12-7-10/h1-7,12-13H,(H,14,15). The number of rotatable bonds is 4. The van der Waals surface area contributed by atoms with Crippen LogP contribution in [0, 0.1) is 0 Å². The van der Waals surface area contributed by atoms with Crippen LogP contribution in [0.2, 0.25) is 0 Å². The molecule has 0 aliphatic rings. The number of H-pyrrole nitrogens is 1. The van der Waals surface area contributed by atoms with Gasteiger partial charge in [0.1, 0.15) is 4.90 Å². The van der Waals surface area contributed by atoms with Gasteiger partial charge in [0, 0.05) is 18.1 Å². The molecule has 0 saturated heterocycles. The Morgan fingerprint density at radius 1 is 1.17 bits per heavy atom. The predicted octanol–water partition coefficient (Wildman–Crippen LogP) is 1.51. The van der Waals surface area contributed by atoms with Gasteiger partial charge in [-0.05, 0) is 30.3 Å².